The van der Waals surface area contributed by atoms with Gasteiger partial charge in [0.1, 0.15) is 0 Å². The molecule has 1 aliphatic rings. The summed E-state index contributed by atoms with van der Waals surface area (Å²) in [4.78, 5) is 2.35. The van der Waals surface area contributed by atoms with E-state index in [9.17, 15) is 0 Å². The van der Waals surface area contributed by atoms with Crippen LogP contribution in [0.1, 0.15) is 58.3 Å². The smallest absolute Gasteiger partial charge is 0.0826 e. The highest BCUT2D eigenvalue weighted by atomic mass is 16.5. The molecule has 0 radical (unpaired) electrons. The number of nitrogens with one attached hydrogen (secondary N) is 1. The molecule has 0 aromatic heterocycles. The maximum absolute atomic E-state index is 5.73. The van der Waals surface area contributed by atoms with E-state index in [-0.39, 0.29) is 0 Å². The lowest BCUT2D eigenvalue weighted by atomic mass is 10.1. The molecule has 1 saturated heterocycles. The van der Waals surface area contributed by atoms with Gasteiger partial charge in [0.25, 0.3) is 0 Å². The van der Waals surface area contributed by atoms with E-state index < -0.39 is 0 Å². The van der Waals surface area contributed by atoms with Gasteiger partial charge in [0.05, 0.1) is 12.7 Å². The maximum atomic E-state index is 5.73. The summed E-state index contributed by atoms with van der Waals surface area (Å²) in [7, 11) is 2.17. The van der Waals surface area contributed by atoms with E-state index in [0.29, 0.717) is 6.10 Å². The maximum Gasteiger partial charge on any atom is 0.0826 e. The van der Waals surface area contributed by atoms with Gasteiger partial charge in [-0.2, -0.15) is 0 Å². The van der Waals surface area contributed by atoms with Crippen LogP contribution in [0.25, 0.3) is 0 Å². The molecule has 0 amide bonds. The van der Waals surface area contributed by atoms with Gasteiger partial charge in [-0.15, -0.1) is 0 Å². The third kappa shape index (κ3) is 9.42. The van der Waals surface area contributed by atoms with Crippen LogP contribution in [-0.4, -0.2) is 50.8 Å². The Morgan fingerprint density at radius 3 is 2.42 bits per heavy atom. The molecule has 1 rings (SSSR count). The summed E-state index contributed by atoms with van der Waals surface area (Å²) in [5.41, 5.74) is 0. The van der Waals surface area contributed by atoms with Crippen molar-refractivity contribution in [2.75, 3.05) is 39.8 Å². The molecular formula is C16H34N2O. The molecular weight excluding hydrogens is 236 g/mol. The van der Waals surface area contributed by atoms with E-state index in [1.807, 2.05) is 0 Å². The molecule has 1 aliphatic heterocycles. The van der Waals surface area contributed by atoms with Gasteiger partial charge < -0.3 is 15.0 Å². The zero-order valence-electron chi connectivity index (χ0n) is 13.1. The SMILES string of the molecule is CCCCCCCCCCNCC1CN(C)CCO1. The lowest BCUT2D eigenvalue weighted by Gasteiger charge is -2.30. The summed E-state index contributed by atoms with van der Waals surface area (Å²) in [6.45, 7) is 7.48. The van der Waals surface area contributed by atoms with Crippen LogP contribution in [0.15, 0.2) is 0 Å². The Hall–Kier alpha value is -0.120. The molecule has 1 atom stereocenters. The van der Waals surface area contributed by atoms with Crippen molar-refractivity contribution in [3.63, 3.8) is 0 Å². The fourth-order valence-electron chi connectivity index (χ4n) is 2.64. The lowest BCUT2D eigenvalue weighted by molar-refractivity contribution is -0.0180. The Kier molecular flexibility index (Phi) is 10.4. The van der Waals surface area contributed by atoms with Crippen LogP contribution in [-0.2, 0) is 4.74 Å². The van der Waals surface area contributed by atoms with Gasteiger partial charge in [0.2, 0.25) is 0 Å². The molecule has 1 unspecified atom stereocenters. The number of rotatable bonds is 11. The summed E-state index contributed by atoms with van der Waals surface area (Å²) in [5, 5.41) is 3.54. The van der Waals surface area contributed by atoms with Gasteiger partial charge in [-0.25, -0.2) is 0 Å². The number of ether oxygens (including phenoxy) is 1. The molecule has 19 heavy (non-hydrogen) atoms. The van der Waals surface area contributed by atoms with Crippen molar-refractivity contribution >= 4 is 0 Å². The molecule has 0 saturated carbocycles. The van der Waals surface area contributed by atoms with E-state index in [1.165, 1.54) is 51.4 Å². The first-order chi connectivity index (χ1) is 9.33. The fraction of sp³-hybridized carbons (Fsp3) is 1.00. The van der Waals surface area contributed by atoms with Crippen LogP contribution < -0.4 is 5.32 Å². The minimum atomic E-state index is 0.396. The normalized spacial score (nSPS) is 20.8. The number of likely N-dealkylation sites (N-methyl/N-ethyl adjacent to an activating group) is 1. The summed E-state index contributed by atoms with van der Waals surface area (Å²) < 4.78 is 5.73. The zero-order valence-corrected chi connectivity index (χ0v) is 13.1. The number of hydrogen-bond donors (Lipinski definition) is 1. The van der Waals surface area contributed by atoms with E-state index in [1.54, 1.807) is 0 Å². The van der Waals surface area contributed by atoms with E-state index in [4.69, 9.17) is 4.74 Å². The Bertz CT molecular complexity index is 199. The first-order valence-corrected chi connectivity index (χ1v) is 8.33. The van der Waals surface area contributed by atoms with Crippen molar-refractivity contribution in [1.29, 1.82) is 0 Å². The molecule has 0 aromatic carbocycles. The molecule has 3 heteroatoms. The largest absolute Gasteiger partial charge is 0.374 e. The van der Waals surface area contributed by atoms with Gasteiger partial charge in [0.15, 0.2) is 0 Å². The highest BCUT2D eigenvalue weighted by Gasteiger charge is 2.16. The van der Waals surface area contributed by atoms with Gasteiger partial charge >= 0.3 is 0 Å². The summed E-state index contributed by atoms with van der Waals surface area (Å²) in [6, 6.07) is 0. The lowest BCUT2D eigenvalue weighted by Crippen LogP contribution is -2.44. The molecule has 3 nitrogen and oxygen atoms in total. The Morgan fingerprint density at radius 1 is 1.05 bits per heavy atom. The van der Waals surface area contributed by atoms with Gasteiger partial charge in [0, 0.05) is 19.6 Å². The predicted molar refractivity (Wildman–Crippen MR) is 82.7 cm³/mol. The topological polar surface area (TPSA) is 24.5 Å². The highest BCUT2D eigenvalue weighted by Crippen LogP contribution is 2.08. The summed E-state index contributed by atoms with van der Waals surface area (Å²) in [5.74, 6) is 0. The molecule has 1 fully saturated rings. The number of morpholine rings is 1. The van der Waals surface area contributed by atoms with Gasteiger partial charge in [-0.3, -0.25) is 0 Å². The van der Waals surface area contributed by atoms with Crippen LogP contribution in [0.3, 0.4) is 0 Å². The highest BCUT2D eigenvalue weighted by molar-refractivity contribution is 4.70. The predicted octanol–water partition coefficient (Wildman–Crippen LogP) is 3.05. The second-order valence-corrected chi connectivity index (χ2v) is 5.93. The Balaban J connectivity index is 1.78. The van der Waals surface area contributed by atoms with E-state index in [0.717, 1.165) is 32.8 Å². The second-order valence-electron chi connectivity index (χ2n) is 5.93. The summed E-state index contributed by atoms with van der Waals surface area (Å²) >= 11 is 0. The monoisotopic (exact) mass is 270 g/mol. The summed E-state index contributed by atoms with van der Waals surface area (Å²) in [6.07, 6.45) is 11.6. The van der Waals surface area contributed by atoms with Crippen molar-refractivity contribution in [2.45, 2.75) is 64.4 Å². The number of unbranched alkanes of at least 4 members (excludes halogenated alkanes) is 7. The van der Waals surface area contributed by atoms with Crippen LogP contribution >= 0.6 is 0 Å². The molecule has 0 aliphatic carbocycles. The fourth-order valence-corrected chi connectivity index (χ4v) is 2.64. The van der Waals surface area contributed by atoms with Crippen molar-refractivity contribution in [2.24, 2.45) is 0 Å². The minimum Gasteiger partial charge on any atom is -0.374 e. The molecule has 0 spiro atoms. The van der Waals surface area contributed by atoms with Crippen LogP contribution in [0, 0.1) is 0 Å². The quantitative estimate of drug-likeness (QED) is 0.584. The van der Waals surface area contributed by atoms with Crippen LogP contribution in [0.2, 0.25) is 0 Å². The van der Waals surface area contributed by atoms with Crippen molar-refractivity contribution in [3.05, 3.63) is 0 Å². The van der Waals surface area contributed by atoms with E-state index >= 15 is 0 Å². The first kappa shape index (κ1) is 16.9. The third-order valence-electron chi connectivity index (χ3n) is 3.92. The average Bonchev–Trinajstić information content (AvgIpc) is 2.41. The number of hydrogen-bond acceptors (Lipinski definition) is 3. The van der Waals surface area contributed by atoms with Gasteiger partial charge in [-0.1, -0.05) is 51.9 Å². The average molecular weight is 270 g/mol. The third-order valence-corrected chi connectivity index (χ3v) is 3.92. The van der Waals surface area contributed by atoms with Crippen molar-refractivity contribution in [1.82, 2.24) is 10.2 Å². The first-order valence-electron chi connectivity index (χ1n) is 8.33. The Morgan fingerprint density at radius 2 is 1.74 bits per heavy atom. The standard InChI is InChI=1S/C16H34N2O/c1-3-4-5-6-7-8-9-10-11-17-14-16-15-18(2)12-13-19-16/h16-17H,3-15H2,1-2H3. The van der Waals surface area contributed by atoms with Crippen molar-refractivity contribution in [3.8, 4) is 0 Å². The van der Waals surface area contributed by atoms with Crippen LogP contribution in [0.4, 0.5) is 0 Å². The zero-order chi connectivity index (χ0) is 13.8. The molecule has 114 valence electrons. The Labute approximate surface area is 120 Å². The molecule has 1 N–H and O–H groups in total. The van der Waals surface area contributed by atoms with E-state index in [2.05, 4.69) is 24.2 Å². The van der Waals surface area contributed by atoms with Crippen LogP contribution in [0.5, 0.6) is 0 Å². The number of nitrogens with zero attached hydrogens (tertiary/aromatic N) is 1. The van der Waals surface area contributed by atoms with Gasteiger partial charge in [-0.05, 0) is 20.0 Å². The molecule has 0 aromatic rings. The van der Waals surface area contributed by atoms with Crippen molar-refractivity contribution < 1.29 is 4.74 Å². The minimum absolute atomic E-state index is 0.396. The molecule has 0 bridgehead atoms. The second kappa shape index (κ2) is 11.7. The molecule has 1 heterocycles.